The maximum atomic E-state index is 11.8. The Hall–Kier alpha value is -1.63. The molecule has 0 aromatic carbocycles. The second-order valence-electron chi connectivity index (χ2n) is 10.7. The van der Waals surface area contributed by atoms with Gasteiger partial charge in [-0.2, -0.15) is 0 Å². The van der Waals surface area contributed by atoms with E-state index in [2.05, 4.69) is 6.92 Å². The molecule has 0 aliphatic carbocycles. The summed E-state index contributed by atoms with van der Waals surface area (Å²) in [4.78, 5) is 33.4. The van der Waals surface area contributed by atoms with Crippen molar-refractivity contribution in [3.8, 4) is 0 Å². The zero-order chi connectivity index (χ0) is 28.1. The van der Waals surface area contributed by atoms with Crippen LogP contribution in [0.4, 0.5) is 0 Å². The Bertz CT molecular complexity index is 564. The van der Waals surface area contributed by atoms with Gasteiger partial charge in [0.05, 0.1) is 12.8 Å². The highest BCUT2D eigenvalue weighted by Gasteiger charge is 2.13. The van der Waals surface area contributed by atoms with Gasteiger partial charge in [0, 0.05) is 6.42 Å². The smallest absolute Gasteiger partial charge is 0.306 e. The lowest BCUT2D eigenvalue weighted by atomic mass is 10.0. The number of carboxylic acid groups (broad SMARTS) is 1. The molecule has 224 valence electrons. The van der Waals surface area contributed by atoms with E-state index in [9.17, 15) is 19.5 Å². The fourth-order valence-electron chi connectivity index (χ4n) is 4.48. The number of carbonyl (C=O) groups is 3. The molecule has 0 fully saturated rings. The molecule has 0 spiro atoms. The molecule has 0 bridgehead atoms. The third-order valence-corrected chi connectivity index (χ3v) is 6.90. The van der Waals surface area contributed by atoms with Gasteiger partial charge in [0.25, 0.3) is 0 Å². The second-order valence-corrected chi connectivity index (χ2v) is 10.7. The standard InChI is InChI=1S/C31H58O7/c1-2-3-4-5-6-7-8-9-10-11-12-13-14-15-16-17-18-19-20-21-22-23-30(35)37-26-28(32)27-38-31(36)25-24-29(33)34/h28,32H,2-27H2,1H3,(H,33,34). The maximum Gasteiger partial charge on any atom is 0.306 e. The largest absolute Gasteiger partial charge is 0.481 e. The summed E-state index contributed by atoms with van der Waals surface area (Å²) in [7, 11) is 0. The summed E-state index contributed by atoms with van der Waals surface area (Å²) in [6.07, 6.45) is 26.4. The monoisotopic (exact) mass is 542 g/mol. The van der Waals surface area contributed by atoms with Crippen molar-refractivity contribution in [1.29, 1.82) is 0 Å². The predicted octanol–water partition coefficient (Wildman–Crippen LogP) is 7.90. The van der Waals surface area contributed by atoms with Gasteiger partial charge >= 0.3 is 17.9 Å². The van der Waals surface area contributed by atoms with Crippen molar-refractivity contribution < 1.29 is 34.1 Å². The van der Waals surface area contributed by atoms with Crippen molar-refractivity contribution >= 4 is 17.9 Å². The van der Waals surface area contributed by atoms with Crippen molar-refractivity contribution in [2.75, 3.05) is 13.2 Å². The Balaban J connectivity index is 3.29. The number of carbonyl (C=O) groups excluding carboxylic acids is 2. The van der Waals surface area contributed by atoms with Crippen LogP contribution >= 0.6 is 0 Å². The van der Waals surface area contributed by atoms with E-state index in [-0.39, 0.29) is 32.0 Å². The van der Waals surface area contributed by atoms with Gasteiger partial charge in [-0.3, -0.25) is 14.4 Å². The number of ether oxygens (including phenoxy) is 2. The molecule has 1 atom stereocenters. The van der Waals surface area contributed by atoms with E-state index in [4.69, 9.17) is 14.6 Å². The number of esters is 2. The second kappa shape index (κ2) is 28.4. The van der Waals surface area contributed by atoms with Crippen LogP contribution in [-0.4, -0.2) is 47.4 Å². The Morgan fingerprint density at radius 1 is 0.500 bits per heavy atom. The van der Waals surface area contributed by atoms with E-state index in [1.165, 1.54) is 116 Å². The molecule has 0 rings (SSSR count). The zero-order valence-corrected chi connectivity index (χ0v) is 24.4. The molecule has 0 heterocycles. The van der Waals surface area contributed by atoms with Gasteiger partial charge in [0.1, 0.15) is 19.3 Å². The minimum Gasteiger partial charge on any atom is -0.481 e. The van der Waals surface area contributed by atoms with Crippen LogP contribution in [-0.2, 0) is 23.9 Å². The molecule has 0 aromatic rings. The molecule has 2 N–H and O–H groups in total. The van der Waals surface area contributed by atoms with Crippen molar-refractivity contribution in [2.45, 2.75) is 167 Å². The number of unbranched alkanes of at least 4 members (excludes halogenated alkanes) is 20. The topological polar surface area (TPSA) is 110 Å². The van der Waals surface area contributed by atoms with Gasteiger partial charge in [0.15, 0.2) is 0 Å². The lowest BCUT2D eigenvalue weighted by molar-refractivity contribution is -0.154. The molecular weight excluding hydrogens is 484 g/mol. The average molecular weight is 543 g/mol. The van der Waals surface area contributed by atoms with Crippen molar-refractivity contribution in [3.63, 3.8) is 0 Å². The Kier molecular flexibility index (Phi) is 27.2. The van der Waals surface area contributed by atoms with E-state index in [1.807, 2.05) is 0 Å². The molecule has 38 heavy (non-hydrogen) atoms. The van der Waals surface area contributed by atoms with E-state index in [0.29, 0.717) is 6.42 Å². The molecule has 0 saturated heterocycles. The quantitative estimate of drug-likeness (QED) is 0.0730. The van der Waals surface area contributed by atoms with Crippen LogP contribution in [0.15, 0.2) is 0 Å². The highest BCUT2D eigenvalue weighted by Crippen LogP contribution is 2.15. The molecule has 0 aromatic heterocycles. The molecular formula is C31H58O7. The molecule has 0 radical (unpaired) electrons. The summed E-state index contributed by atoms with van der Waals surface area (Å²) in [5, 5.41) is 18.2. The van der Waals surface area contributed by atoms with Crippen LogP contribution in [0.25, 0.3) is 0 Å². The first-order chi connectivity index (χ1) is 18.5. The average Bonchev–Trinajstić information content (AvgIpc) is 2.90. The van der Waals surface area contributed by atoms with Crippen molar-refractivity contribution in [2.24, 2.45) is 0 Å². The van der Waals surface area contributed by atoms with Crippen LogP contribution in [0.2, 0.25) is 0 Å². The normalized spacial score (nSPS) is 11.8. The van der Waals surface area contributed by atoms with E-state index in [1.54, 1.807) is 0 Å². The van der Waals surface area contributed by atoms with Gasteiger partial charge in [-0.25, -0.2) is 0 Å². The number of aliphatic hydroxyl groups is 1. The van der Waals surface area contributed by atoms with Crippen LogP contribution in [0, 0.1) is 0 Å². The van der Waals surface area contributed by atoms with Crippen LogP contribution in [0.3, 0.4) is 0 Å². The van der Waals surface area contributed by atoms with E-state index < -0.39 is 18.0 Å². The maximum absolute atomic E-state index is 11.8. The minimum absolute atomic E-state index is 0.232. The van der Waals surface area contributed by atoms with Gasteiger partial charge in [0.2, 0.25) is 0 Å². The number of rotatable bonds is 29. The summed E-state index contributed by atoms with van der Waals surface area (Å²) in [5.41, 5.74) is 0. The fourth-order valence-corrected chi connectivity index (χ4v) is 4.48. The molecule has 0 aliphatic rings. The first kappa shape index (κ1) is 36.4. The lowest BCUT2D eigenvalue weighted by Gasteiger charge is -2.11. The third-order valence-electron chi connectivity index (χ3n) is 6.90. The summed E-state index contributed by atoms with van der Waals surface area (Å²) in [5.74, 6) is -2.15. The van der Waals surface area contributed by atoms with Crippen LogP contribution in [0.1, 0.15) is 161 Å². The number of aliphatic carboxylic acids is 1. The van der Waals surface area contributed by atoms with Gasteiger partial charge in [-0.1, -0.05) is 135 Å². The third kappa shape index (κ3) is 28.9. The molecule has 1 unspecified atom stereocenters. The van der Waals surface area contributed by atoms with Gasteiger partial charge in [-0.15, -0.1) is 0 Å². The molecule has 7 nitrogen and oxygen atoms in total. The summed E-state index contributed by atoms with van der Waals surface area (Å²) >= 11 is 0. The Labute approximate surface area is 232 Å². The van der Waals surface area contributed by atoms with E-state index in [0.717, 1.165) is 19.3 Å². The number of hydrogen-bond donors (Lipinski definition) is 2. The predicted molar refractivity (Wildman–Crippen MR) is 152 cm³/mol. The summed E-state index contributed by atoms with van der Waals surface area (Å²) in [6, 6.07) is 0. The van der Waals surface area contributed by atoms with Crippen LogP contribution in [0.5, 0.6) is 0 Å². The molecule has 0 amide bonds. The summed E-state index contributed by atoms with van der Waals surface area (Å²) in [6.45, 7) is 1.73. The van der Waals surface area contributed by atoms with E-state index >= 15 is 0 Å². The number of carboxylic acids is 1. The van der Waals surface area contributed by atoms with Crippen molar-refractivity contribution in [3.05, 3.63) is 0 Å². The first-order valence-corrected chi connectivity index (χ1v) is 15.7. The molecule has 0 aliphatic heterocycles. The first-order valence-electron chi connectivity index (χ1n) is 15.7. The Morgan fingerprint density at radius 3 is 1.16 bits per heavy atom. The zero-order valence-electron chi connectivity index (χ0n) is 24.4. The highest BCUT2D eigenvalue weighted by atomic mass is 16.6. The summed E-state index contributed by atoms with van der Waals surface area (Å²) < 4.78 is 9.75. The highest BCUT2D eigenvalue weighted by molar-refractivity contribution is 5.76. The van der Waals surface area contributed by atoms with Crippen LogP contribution < -0.4 is 0 Å². The van der Waals surface area contributed by atoms with Gasteiger partial charge < -0.3 is 19.7 Å². The fraction of sp³-hybridized carbons (Fsp3) is 0.903. The SMILES string of the molecule is CCCCCCCCCCCCCCCCCCCCCCCC(=O)OCC(O)COC(=O)CCC(=O)O. The van der Waals surface area contributed by atoms with Gasteiger partial charge in [-0.05, 0) is 6.42 Å². The number of aliphatic hydroxyl groups excluding tert-OH is 1. The number of hydrogen-bond acceptors (Lipinski definition) is 6. The Morgan fingerprint density at radius 2 is 0.816 bits per heavy atom. The van der Waals surface area contributed by atoms with Crippen molar-refractivity contribution in [1.82, 2.24) is 0 Å². The molecule has 7 heteroatoms. The lowest BCUT2D eigenvalue weighted by Crippen LogP contribution is -2.25. The minimum atomic E-state index is -1.10. The molecule has 0 saturated carbocycles.